The minimum absolute atomic E-state index is 0.0339. The van der Waals surface area contributed by atoms with Crippen molar-refractivity contribution in [3.63, 3.8) is 0 Å². The summed E-state index contributed by atoms with van der Waals surface area (Å²) in [5.74, 6) is 0.509. The van der Waals surface area contributed by atoms with Crippen LogP contribution in [0.2, 0.25) is 0 Å². The minimum Gasteiger partial charge on any atom is -0.331 e. The lowest BCUT2D eigenvalue weighted by atomic mass is 10.1. The van der Waals surface area contributed by atoms with Crippen molar-refractivity contribution in [3.8, 4) is 0 Å². The third kappa shape index (κ3) is 2.96. The molecule has 0 spiro atoms. The third-order valence-electron chi connectivity index (χ3n) is 4.42. The molecule has 0 atom stereocenters. The highest BCUT2D eigenvalue weighted by Crippen LogP contribution is 2.19. The Hall–Kier alpha value is -3.52. The molecule has 4 aromatic rings. The normalized spacial score (nSPS) is 11.2. The molecule has 0 aliphatic rings. The van der Waals surface area contributed by atoms with Gasteiger partial charge in [0, 0.05) is 17.8 Å². The lowest BCUT2D eigenvalue weighted by Gasteiger charge is -2.14. The molecule has 0 radical (unpaired) electrons. The Bertz CT molecular complexity index is 1160. The van der Waals surface area contributed by atoms with E-state index in [1.807, 2.05) is 41.0 Å². The van der Waals surface area contributed by atoms with E-state index in [4.69, 9.17) is 5.73 Å². The van der Waals surface area contributed by atoms with Crippen LogP contribution in [0, 0.1) is 0 Å². The summed E-state index contributed by atoms with van der Waals surface area (Å²) in [7, 11) is 1.69. The van der Waals surface area contributed by atoms with Crippen molar-refractivity contribution < 1.29 is 4.79 Å². The molecule has 0 bridgehead atoms. The van der Waals surface area contributed by atoms with Crippen molar-refractivity contribution >= 4 is 33.7 Å². The summed E-state index contributed by atoms with van der Waals surface area (Å²) in [4.78, 5) is 29.6. The van der Waals surface area contributed by atoms with E-state index >= 15 is 0 Å². The fourth-order valence-corrected chi connectivity index (χ4v) is 3.19. The van der Waals surface area contributed by atoms with Gasteiger partial charge in [0.1, 0.15) is 6.54 Å². The van der Waals surface area contributed by atoms with Crippen LogP contribution in [0.3, 0.4) is 0 Å². The van der Waals surface area contributed by atoms with E-state index in [2.05, 4.69) is 15.4 Å². The second-order valence-corrected chi connectivity index (χ2v) is 6.18. The van der Waals surface area contributed by atoms with Crippen LogP contribution in [0.5, 0.6) is 0 Å². The van der Waals surface area contributed by atoms with Gasteiger partial charge < -0.3 is 10.3 Å². The zero-order chi connectivity index (χ0) is 19.0. The number of aryl methyl sites for hydroxylation is 1. The number of para-hydroxylation sites is 2. The van der Waals surface area contributed by atoms with Crippen LogP contribution in [0.25, 0.3) is 21.8 Å². The first kappa shape index (κ1) is 16.9. The smallest absolute Gasteiger partial charge is 0.246 e. The number of anilines is 1. The number of hydrogen-bond acceptors (Lipinski definition) is 5. The lowest BCUT2D eigenvalue weighted by Crippen LogP contribution is -2.23. The molecule has 0 saturated heterocycles. The molecule has 8 heteroatoms. The van der Waals surface area contributed by atoms with E-state index in [9.17, 15) is 9.59 Å². The molecule has 0 aliphatic carbocycles. The van der Waals surface area contributed by atoms with Crippen LogP contribution >= 0.6 is 0 Å². The number of fused-ring (bicyclic) bond motifs is 2. The maximum atomic E-state index is 12.8. The average molecular weight is 362 g/mol. The number of amides is 1. The molecule has 2 heterocycles. The van der Waals surface area contributed by atoms with Crippen molar-refractivity contribution in [1.82, 2.24) is 19.3 Å². The van der Waals surface area contributed by atoms with Crippen LogP contribution < -0.4 is 16.5 Å². The SMILES string of the molecule is Cn1nc(CN)nc1NC(=O)Cn1c2ccccc2c(=O)c2ccccc21. The number of rotatable bonds is 4. The van der Waals surface area contributed by atoms with Gasteiger partial charge >= 0.3 is 0 Å². The number of nitrogens with two attached hydrogens (primary N) is 1. The zero-order valence-electron chi connectivity index (χ0n) is 14.7. The van der Waals surface area contributed by atoms with Gasteiger partial charge in [0.25, 0.3) is 0 Å². The van der Waals surface area contributed by atoms with E-state index in [0.29, 0.717) is 33.6 Å². The van der Waals surface area contributed by atoms with Crippen molar-refractivity contribution in [2.24, 2.45) is 12.8 Å². The highest BCUT2D eigenvalue weighted by molar-refractivity contribution is 5.96. The first-order valence-electron chi connectivity index (χ1n) is 8.48. The summed E-state index contributed by atoms with van der Waals surface area (Å²) in [6.45, 7) is 0.227. The third-order valence-corrected chi connectivity index (χ3v) is 4.42. The minimum atomic E-state index is -0.270. The fourth-order valence-electron chi connectivity index (χ4n) is 3.19. The van der Waals surface area contributed by atoms with E-state index in [1.54, 1.807) is 19.2 Å². The van der Waals surface area contributed by atoms with Crippen LogP contribution in [0.15, 0.2) is 53.3 Å². The number of benzene rings is 2. The second-order valence-electron chi connectivity index (χ2n) is 6.18. The highest BCUT2D eigenvalue weighted by atomic mass is 16.2. The Morgan fingerprint density at radius 1 is 1.07 bits per heavy atom. The second kappa shape index (κ2) is 6.65. The molecule has 0 saturated carbocycles. The van der Waals surface area contributed by atoms with Crippen molar-refractivity contribution in [3.05, 3.63) is 64.6 Å². The molecule has 2 aromatic carbocycles. The number of carbonyl (C=O) groups is 1. The van der Waals surface area contributed by atoms with Crippen molar-refractivity contribution in [1.29, 1.82) is 0 Å². The molecule has 0 aliphatic heterocycles. The van der Waals surface area contributed by atoms with Gasteiger partial charge in [0.05, 0.1) is 17.6 Å². The van der Waals surface area contributed by atoms with Gasteiger partial charge in [-0.15, -0.1) is 0 Å². The number of hydrogen-bond donors (Lipinski definition) is 2. The van der Waals surface area contributed by atoms with Gasteiger partial charge in [-0.1, -0.05) is 24.3 Å². The maximum absolute atomic E-state index is 12.8. The molecule has 4 rings (SSSR count). The van der Waals surface area contributed by atoms with Crippen LogP contribution in [0.4, 0.5) is 5.95 Å². The molecule has 136 valence electrons. The van der Waals surface area contributed by atoms with Gasteiger partial charge in [0.15, 0.2) is 11.3 Å². The topological polar surface area (TPSA) is 108 Å². The number of nitrogens with zero attached hydrogens (tertiary/aromatic N) is 4. The summed E-state index contributed by atoms with van der Waals surface area (Å²) >= 11 is 0. The molecule has 27 heavy (non-hydrogen) atoms. The Morgan fingerprint density at radius 2 is 1.67 bits per heavy atom. The first-order valence-corrected chi connectivity index (χ1v) is 8.48. The number of pyridine rings is 1. The van der Waals surface area contributed by atoms with Gasteiger partial charge in [-0.3, -0.25) is 14.9 Å². The predicted molar refractivity (Wildman–Crippen MR) is 103 cm³/mol. The summed E-state index contributed by atoms with van der Waals surface area (Å²) < 4.78 is 3.31. The number of nitrogens with one attached hydrogen (secondary N) is 1. The summed E-state index contributed by atoms with van der Waals surface area (Å²) in [5, 5.41) is 8.03. The van der Waals surface area contributed by atoms with Gasteiger partial charge in [-0.05, 0) is 24.3 Å². The van der Waals surface area contributed by atoms with Crippen LogP contribution in [0.1, 0.15) is 5.82 Å². The fraction of sp³-hybridized carbons (Fsp3) is 0.158. The predicted octanol–water partition coefficient (Wildman–Crippen LogP) is 1.38. The standard InChI is InChI=1S/C19H18N6O2/c1-24-19(21-16(10-20)23-24)22-17(26)11-25-14-8-4-2-6-12(14)18(27)13-7-3-5-9-15(13)25/h2-9H,10-11,20H2,1H3,(H,21,22,23,26). The lowest BCUT2D eigenvalue weighted by molar-refractivity contribution is -0.116. The molecular formula is C19H18N6O2. The molecule has 1 amide bonds. The van der Waals surface area contributed by atoms with Gasteiger partial charge in [-0.2, -0.15) is 10.1 Å². The molecule has 0 unspecified atom stereocenters. The van der Waals surface area contributed by atoms with E-state index in [1.165, 1.54) is 4.68 Å². The van der Waals surface area contributed by atoms with Gasteiger partial charge in [0.2, 0.25) is 11.9 Å². The largest absolute Gasteiger partial charge is 0.331 e. The summed E-state index contributed by atoms with van der Waals surface area (Å²) in [6.07, 6.45) is 0. The summed E-state index contributed by atoms with van der Waals surface area (Å²) in [5.41, 5.74) is 6.91. The molecule has 0 fully saturated rings. The first-order chi connectivity index (χ1) is 13.1. The van der Waals surface area contributed by atoms with Gasteiger partial charge in [-0.25, -0.2) is 4.68 Å². The molecule has 3 N–H and O–H groups in total. The average Bonchev–Trinajstić information content (AvgIpc) is 3.04. The maximum Gasteiger partial charge on any atom is 0.246 e. The summed E-state index contributed by atoms with van der Waals surface area (Å²) in [6, 6.07) is 14.6. The highest BCUT2D eigenvalue weighted by Gasteiger charge is 2.15. The molecule has 8 nitrogen and oxygen atoms in total. The monoisotopic (exact) mass is 362 g/mol. The van der Waals surface area contributed by atoms with Crippen molar-refractivity contribution in [2.45, 2.75) is 13.1 Å². The zero-order valence-corrected chi connectivity index (χ0v) is 14.7. The Labute approximate surface area is 154 Å². The molecule has 2 aromatic heterocycles. The Morgan fingerprint density at radius 3 is 2.22 bits per heavy atom. The molecular weight excluding hydrogens is 344 g/mol. The van der Waals surface area contributed by atoms with E-state index < -0.39 is 0 Å². The quantitative estimate of drug-likeness (QED) is 0.533. The van der Waals surface area contributed by atoms with Crippen molar-refractivity contribution in [2.75, 3.05) is 5.32 Å². The van der Waals surface area contributed by atoms with E-state index in [-0.39, 0.29) is 24.4 Å². The van der Waals surface area contributed by atoms with E-state index in [0.717, 1.165) is 0 Å². The Kier molecular flexibility index (Phi) is 4.17. The number of aromatic nitrogens is 4. The number of carbonyl (C=O) groups excluding carboxylic acids is 1. The Balaban J connectivity index is 1.78. The van der Waals surface area contributed by atoms with Crippen LogP contribution in [-0.2, 0) is 24.9 Å². The van der Waals surface area contributed by atoms with Crippen LogP contribution in [-0.4, -0.2) is 25.2 Å².